The summed E-state index contributed by atoms with van der Waals surface area (Å²) < 4.78 is 0. The fraction of sp³-hybridized carbons (Fsp3) is 0.448. The Morgan fingerprint density at radius 3 is 2.26 bits per heavy atom. The number of rotatable bonds is 5. The molecular weight excluding hydrogens is 442 g/mol. The first kappa shape index (κ1) is 27.7. The van der Waals surface area contributed by atoms with Crippen molar-refractivity contribution < 1.29 is 4.79 Å². The van der Waals surface area contributed by atoms with Gasteiger partial charge in [-0.1, -0.05) is 51.4 Å². The van der Waals surface area contributed by atoms with E-state index in [4.69, 9.17) is 11.6 Å². The Bertz CT molecular complexity index is 1020. The summed E-state index contributed by atoms with van der Waals surface area (Å²) in [5, 5.41) is 3.86. The van der Waals surface area contributed by atoms with E-state index in [9.17, 15) is 4.79 Å². The van der Waals surface area contributed by atoms with Crippen LogP contribution in [0.15, 0.2) is 48.7 Å². The maximum atomic E-state index is 12.9. The van der Waals surface area contributed by atoms with E-state index in [1.807, 2.05) is 78.1 Å². The molecule has 2 N–H and O–H groups in total. The van der Waals surface area contributed by atoms with Crippen LogP contribution in [-0.4, -0.2) is 22.4 Å². The second-order valence-electron chi connectivity index (χ2n) is 8.41. The minimum absolute atomic E-state index is 0.0174. The van der Waals surface area contributed by atoms with Gasteiger partial charge >= 0.3 is 0 Å². The summed E-state index contributed by atoms with van der Waals surface area (Å²) in [5.74, 6) is 1.13. The van der Waals surface area contributed by atoms with E-state index in [0.717, 1.165) is 42.0 Å². The number of nitrogens with one attached hydrogen (secondary N) is 2. The van der Waals surface area contributed by atoms with Gasteiger partial charge < -0.3 is 10.3 Å². The Labute approximate surface area is 210 Å². The molecule has 2 aromatic heterocycles. The lowest BCUT2D eigenvalue weighted by atomic mass is 9.79. The summed E-state index contributed by atoms with van der Waals surface area (Å²) in [7, 11) is 0. The van der Waals surface area contributed by atoms with Crippen LogP contribution in [0.2, 0.25) is 5.02 Å². The van der Waals surface area contributed by atoms with Gasteiger partial charge in [0, 0.05) is 29.2 Å². The number of H-pyrrole nitrogens is 1. The molecule has 1 amide bonds. The Morgan fingerprint density at radius 2 is 1.65 bits per heavy atom. The van der Waals surface area contributed by atoms with Crippen LogP contribution in [0.4, 0.5) is 0 Å². The molecule has 3 aromatic rings. The maximum absolute atomic E-state index is 12.9. The molecule has 1 saturated carbocycles. The van der Waals surface area contributed by atoms with Gasteiger partial charge in [-0.05, 0) is 92.8 Å². The number of nitrogens with zero attached hydrogens (tertiary/aromatic N) is 1. The number of hydrogen-bond donors (Lipinski definition) is 2. The number of halogens is 1. The largest absolute Gasteiger partial charge is 0.358 e. The zero-order valence-corrected chi connectivity index (χ0v) is 22.3. The lowest BCUT2D eigenvalue weighted by molar-refractivity contribution is 0.0943. The van der Waals surface area contributed by atoms with Gasteiger partial charge in [0.25, 0.3) is 5.91 Å². The standard InChI is InChI=1S/C25H28ClN3O.2C2H6/c1-16-13-21(11-12-27-16)19-5-3-18(4-6-19)15-28-25(30)23-14-17(2)29-24(23)20-7-9-22(26)10-8-20;2*1-2/h7-14,18-19,29H,3-6,15H2,1-2H3,(H,28,30);2*1-2H3. The summed E-state index contributed by atoms with van der Waals surface area (Å²) in [6.45, 7) is 12.7. The van der Waals surface area contributed by atoms with Crippen molar-refractivity contribution in [3.63, 3.8) is 0 Å². The molecule has 0 spiro atoms. The monoisotopic (exact) mass is 481 g/mol. The van der Waals surface area contributed by atoms with Gasteiger partial charge in [0.1, 0.15) is 0 Å². The fourth-order valence-corrected chi connectivity index (χ4v) is 4.59. The van der Waals surface area contributed by atoms with E-state index < -0.39 is 0 Å². The molecule has 0 aliphatic heterocycles. The number of carbonyl (C=O) groups excluding carboxylic acids is 1. The van der Waals surface area contributed by atoms with Crippen molar-refractivity contribution in [1.82, 2.24) is 15.3 Å². The van der Waals surface area contributed by atoms with Crippen molar-refractivity contribution in [2.45, 2.75) is 73.1 Å². The van der Waals surface area contributed by atoms with Crippen molar-refractivity contribution in [2.75, 3.05) is 6.54 Å². The second-order valence-corrected chi connectivity index (χ2v) is 8.84. The Morgan fingerprint density at radius 1 is 1.00 bits per heavy atom. The molecule has 1 aliphatic rings. The number of pyridine rings is 1. The first-order valence-electron chi connectivity index (χ1n) is 12.7. The van der Waals surface area contributed by atoms with Gasteiger partial charge in [-0.25, -0.2) is 0 Å². The quantitative estimate of drug-likeness (QED) is 0.386. The zero-order chi connectivity index (χ0) is 25.1. The highest BCUT2D eigenvalue weighted by Gasteiger charge is 2.24. The molecule has 5 heteroatoms. The van der Waals surface area contributed by atoms with E-state index in [0.29, 0.717) is 22.4 Å². The minimum atomic E-state index is -0.0174. The number of benzene rings is 1. The summed E-state index contributed by atoms with van der Waals surface area (Å²) in [4.78, 5) is 20.5. The highest BCUT2D eigenvalue weighted by molar-refractivity contribution is 6.30. The van der Waals surface area contributed by atoms with Crippen molar-refractivity contribution >= 4 is 17.5 Å². The van der Waals surface area contributed by atoms with Gasteiger partial charge in [-0.3, -0.25) is 9.78 Å². The molecule has 0 unspecified atom stereocenters. The predicted octanol–water partition coefficient (Wildman–Crippen LogP) is 8.10. The number of aromatic amines is 1. The first-order chi connectivity index (χ1) is 16.5. The second kappa shape index (κ2) is 14.0. The molecule has 2 heterocycles. The van der Waals surface area contributed by atoms with E-state index in [2.05, 4.69) is 27.4 Å². The third-order valence-corrected chi connectivity index (χ3v) is 6.37. The number of aromatic nitrogens is 2. The summed E-state index contributed by atoms with van der Waals surface area (Å²) >= 11 is 6.01. The number of amides is 1. The third kappa shape index (κ3) is 7.46. The van der Waals surface area contributed by atoms with Gasteiger partial charge in [0.2, 0.25) is 0 Å². The lowest BCUT2D eigenvalue weighted by Crippen LogP contribution is -2.31. The smallest absolute Gasteiger partial charge is 0.253 e. The molecule has 1 fully saturated rings. The van der Waals surface area contributed by atoms with Gasteiger partial charge in [0.15, 0.2) is 0 Å². The van der Waals surface area contributed by atoms with E-state index in [1.165, 1.54) is 18.4 Å². The van der Waals surface area contributed by atoms with Crippen molar-refractivity contribution in [3.05, 3.63) is 76.2 Å². The highest BCUT2D eigenvalue weighted by atomic mass is 35.5. The van der Waals surface area contributed by atoms with Crippen molar-refractivity contribution in [2.24, 2.45) is 5.92 Å². The summed E-state index contributed by atoms with van der Waals surface area (Å²) in [5.41, 5.74) is 5.96. The average molecular weight is 482 g/mol. The van der Waals surface area contributed by atoms with E-state index in [1.54, 1.807) is 0 Å². The average Bonchev–Trinajstić information content (AvgIpc) is 3.27. The predicted molar refractivity (Wildman–Crippen MR) is 145 cm³/mol. The fourth-order valence-electron chi connectivity index (χ4n) is 4.47. The molecule has 0 radical (unpaired) electrons. The van der Waals surface area contributed by atoms with Crippen LogP contribution in [0.5, 0.6) is 0 Å². The van der Waals surface area contributed by atoms with E-state index >= 15 is 0 Å². The number of hydrogen-bond acceptors (Lipinski definition) is 2. The zero-order valence-electron chi connectivity index (χ0n) is 21.5. The third-order valence-electron chi connectivity index (χ3n) is 6.12. The van der Waals surface area contributed by atoms with Crippen LogP contribution in [0.3, 0.4) is 0 Å². The SMILES string of the molecule is CC.CC.Cc1cc(C2CCC(CNC(=O)c3cc(C)[nH]c3-c3ccc(Cl)cc3)CC2)ccn1. The first-order valence-corrected chi connectivity index (χ1v) is 13.0. The van der Waals surface area contributed by atoms with Gasteiger partial charge in [-0.15, -0.1) is 0 Å². The normalized spacial score (nSPS) is 17.0. The Hall–Kier alpha value is -2.59. The maximum Gasteiger partial charge on any atom is 0.253 e. The van der Waals surface area contributed by atoms with Crippen LogP contribution >= 0.6 is 11.6 Å². The number of aryl methyl sites for hydroxylation is 2. The molecule has 4 nitrogen and oxygen atoms in total. The molecule has 0 atom stereocenters. The Kier molecular flexibility index (Phi) is 11.4. The summed E-state index contributed by atoms with van der Waals surface area (Å²) in [6.07, 6.45) is 6.53. The molecule has 34 heavy (non-hydrogen) atoms. The molecule has 1 aliphatic carbocycles. The Balaban J connectivity index is 0.000000970. The molecule has 1 aromatic carbocycles. The molecule has 0 bridgehead atoms. The van der Waals surface area contributed by atoms with Crippen LogP contribution in [0.25, 0.3) is 11.3 Å². The topological polar surface area (TPSA) is 57.8 Å². The van der Waals surface area contributed by atoms with Crippen LogP contribution in [-0.2, 0) is 0 Å². The van der Waals surface area contributed by atoms with E-state index in [-0.39, 0.29) is 5.91 Å². The highest BCUT2D eigenvalue weighted by Crippen LogP contribution is 2.35. The lowest BCUT2D eigenvalue weighted by Gasteiger charge is -2.29. The molecule has 4 rings (SSSR count). The van der Waals surface area contributed by atoms with Crippen LogP contribution < -0.4 is 5.32 Å². The molecule has 184 valence electrons. The van der Waals surface area contributed by atoms with Crippen molar-refractivity contribution in [1.29, 1.82) is 0 Å². The van der Waals surface area contributed by atoms with Gasteiger partial charge in [0.05, 0.1) is 11.3 Å². The van der Waals surface area contributed by atoms with Crippen LogP contribution in [0, 0.1) is 19.8 Å². The van der Waals surface area contributed by atoms with Gasteiger partial charge in [-0.2, -0.15) is 0 Å². The minimum Gasteiger partial charge on any atom is -0.358 e. The van der Waals surface area contributed by atoms with Crippen molar-refractivity contribution in [3.8, 4) is 11.3 Å². The molecule has 0 saturated heterocycles. The van der Waals surface area contributed by atoms with Crippen LogP contribution in [0.1, 0.15) is 86.6 Å². The molecular formula is C29H40ClN3O. The number of carbonyl (C=O) groups is 1. The summed E-state index contributed by atoms with van der Waals surface area (Å²) in [6, 6.07) is 13.8.